The minimum absolute atomic E-state index is 0.0413. The molecule has 2 aromatic carbocycles. The number of nitrogens with zero attached hydrogens (tertiary/aromatic N) is 2. The van der Waals surface area contributed by atoms with Crippen molar-refractivity contribution in [2.24, 2.45) is 21.1 Å². The summed E-state index contributed by atoms with van der Waals surface area (Å²) in [6.45, 7) is 13.6. The van der Waals surface area contributed by atoms with Gasteiger partial charge in [-0.15, -0.1) is 0 Å². The van der Waals surface area contributed by atoms with Crippen LogP contribution in [0.15, 0.2) is 58.8 Å². The van der Waals surface area contributed by atoms with Crippen LogP contribution in [0.5, 0.6) is 11.5 Å². The number of azo groups is 1. The fraction of sp³-hybridized carbons (Fsp3) is 0.500. The van der Waals surface area contributed by atoms with Crippen LogP contribution in [0.4, 0.5) is 0 Å². The zero-order valence-electron chi connectivity index (χ0n) is 18.7. The van der Waals surface area contributed by atoms with Crippen LogP contribution in [-0.4, -0.2) is 29.2 Å². The van der Waals surface area contributed by atoms with Crippen LogP contribution in [-0.2, 0) is 8.87 Å². The molecule has 1 aliphatic rings. The molecule has 3 rings (SSSR count). The van der Waals surface area contributed by atoms with Crippen molar-refractivity contribution in [1.29, 1.82) is 0 Å². The van der Waals surface area contributed by atoms with Gasteiger partial charge in [0.1, 0.15) is 0 Å². The van der Waals surface area contributed by atoms with E-state index in [1.165, 1.54) is 11.1 Å². The molecular weight excluding hydrogens is 427 g/mol. The summed E-state index contributed by atoms with van der Waals surface area (Å²) < 4.78 is 10.0. The number of benzene rings is 2. The zero-order chi connectivity index (χ0) is 21.5. The fourth-order valence-corrected chi connectivity index (χ4v) is 7.32. The Balaban J connectivity index is 2.16. The van der Waals surface area contributed by atoms with Crippen LogP contribution in [0.3, 0.4) is 0 Å². The van der Waals surface area contributed by atoms with E-state index in [9.17, 15) is 0 Å². The molecule has 0 radical (unpaired) electrons. The first-order chi connectivity index (χ1) is 13.5. The summed E-state index contributed by atoms with van der Waals surface area (Å²) in [4.78, 5) is 0. The van der Waals surface area contributed by atoms with Crippen molar-refractivity contribution in [3.8, 4) is 11.5 Å². The molecule has 0 saturated carbocycles. The van der Waals surface area contributed by atoms with Crippen molar-refractivity contribution in [3.63, 3.8) is 0 Å². The summed E-state index contributed by atoms with van der Waals surface area (Å²) in [7, 11) is 3.39. The fourth-order valence-electron chi connectivity index (χ4n) is 3.73. The summed E-state index contributed by atoms with van der Waals surface area (Å²) in [5.74, 6) is 1.72. The van der Waals surface area contributed by atoms with Crippen molar-refractivity contribution in [3.05, 3.63) is 59.7 Å². The van der Waals surface area contributed by atoms with Gasteiger partial charge in [-0.3, -0.25) is 0 Å². The number of rotatable bonds is 4. The van der Waals surface area contributed by atoms with E-state index in [0.717, 1.165) is 11.5 Å². The number of ether oxygens (including phenoxy) is 2. The molecule has 2 atom stereocenters. The van der Waals surface area contributed by atoms with E-state index in [1.54, 1.807) is 14.2 Å². The molecule has 1 aliphatic heterocycles. The van der Waals surface area contributed by atoms with Gasteiger partial charge in [-0.1, -0.05) is 0 Å². The maximum absolute atomic E-state index is 5.38. The molecule has 156 valence electrons. The normalized spacial score (nSPS) is 24.6. The van der Waals surface area contributed by atoms with Gasteiger partial charge >= 0.3 is 181 Å². The topological polar surface area (TPSA) is 43.2 Å². The monoisotopic (exact) mass is 460 g/mol. The van der Waals surface area contributed by atoms with E-state index in [2.05, 4.69) is 65.8 Å². The summed E-state index contributed by atoms with van der Waals surface area (Å²) in [6, 6.07) is 16.7. The van der Waals surface area contributed by atoms with Gasteiger partial charge in [-0.05, 0) is 0 Å². The first-order valence-electron chi connectivity index (χ1n) is 9.92. The van der Waals surface area contributed by atoms with E-state index >= 15 is 0 Å². The van der Waals surface area contributed by atoms with Crippen molar-refractivity contribution in [1.82, 2.24) is 0 Å². The number of hydrogen-bond donors (Lipinski definition) is 0. The van der Waals surface area contributed by atoms with Gasteiger partial charge in [0.15, 0.2) is 0 Å². The Morgan fingerprint density at radius 2 is 0.931 bits per heavy atom. The summed E-state index contributed by atoms with van der Waals surface area (Å²) in [5, 5.41) is 10.2. The van der Waals surface area contributed by atoms with Crippen LogP contribution >= 0.6 is 0 Å². The average molecular weight is 459 g/mol. The molecular formula is C24H32N2O2Se. The standard InChI is InChI=1S/C24H32N2O2Se/c1-21(2,3)23(17-9-13-19(27-7)14-10-17)25-26-24(29-23,22(4,5)6)18-11-15-20(28-8)16-12-18/h9-16H,1-8H3/t23-,24-/m0/s1. The van der Waals surface area contributed by atoms with Gasteiger partial charge < -0.3 is 0 Å². The maximum atomic E-state index is 5.38. The van der Waals surface area contributed by atoms with Crippen molar-refractivity contribution in [2.75, 3.05) is 14.2 Å². The Kier molecular flexibility index (Phi) is 5.61. The SMILES string of the molecule is COc1ccc([C@]2(C(C)(C)C)N=N[C@](c3ccc(OC)cc3)(C(C)(C)C)[Se]2)cc1. The van der Waals surface area contributed by atoms with Crippen LogP contribution in [0.25, 0.3) is 0 Å². The van der Waals surface area contributed by atoms with E-state index in [4.69, 9.17) is 19.7 Å². The molecule has 2 aromatic rings. The second-order valence-corrected chi connectivity index (χ2v) is 12.5. The first kappa shape index (κ1) is 21.9. The van der Waals surface area contributed by atoms with Crippen LogP contribution in [0.2, 0.25) is 0 Å². The Bertz CT molecular complexity index is 806. The van der Waals surface area contributed by atoms with Crippen LogP contribution in [0, 0.1) is 10.8 Å². The van der Waals surface area contributed by atoms with Gasteiger partial charge in [0.2, 0.25) is 0 Å². The van der Waals surface area contributed by atoms with Gasteiger partial charge in [0.05, 0.1) is 0 Å². The molecule has 0 spiro atoms. The second-order valence-electron chi connectivity index (χ2n) is 9.55. The molecule has 0 aliphatic carbocycles. The molecule has 0 N–H and O–H groups in total. The molecule has 29 heavy (non-hydrogen) atoms. The Morgan fingerprint density at radius 1 is 0.621 bits per heavy atom. The third-order valence-corrected chi connectivity index (χ3v) is 10.8. The zero-order valence-corrected chi connectivity index (χ0v) is 20.5. The summed E-state index contributed by atoms with van der Waals surface area (Å²) in [6.07, 6.45) is 0. The van der Waals surface area contributed by atoms with E-state index in [1.807, 2.05) is 24.3 Å². The predicted octanol–water partition coefficient (Wildman–Crippen LogP) is 5.97. The van der Waals surface area contributed by atoms with Crippen LogP contribution in [0.1, 0.15) is 52.7 Å². The van der Waals surface area contributed by atoms with Crippen molar-refractivity contribution >= 4 is 15.0 Å². The average Bonchev–Trinajstić information content (AvgIpc) is 3.12. The summed E-state index contributed by atoms with van der Waals surface area (Å²) in [5.41, 5.74) is 2.25. The molecule has 1 heterocycles. The Labute approximate surface area is 181 Å². The molecule has 5 heteroatoms. The third-order valence-electron chi connectivity index (χ3n) is 5.62. The van der Waals surface area contributed by atoms with E-state index in [-0.39, 0.29) is 34.7 Å². The van der Waals surface area contributed by atoms with Gasteiger partial charge in [0.25, 0.3) is 0 Å². The molecule has 0 aromatic heterocycles. The molecule has 0 bridgehead atoms. The molecule has 0 saturated heterocycles. The minimum atomic E-state index is -0.362. The van der Waals surface area contributed by atoms with Crippen molar-refractivity contribution < 1.29 is 9.47 Å². The first-order valence-corrected chi connectivity index (χ1v) is 11.6. The summed E-state index contributed by atoms with van der Waals surface area (Å²) >= 11 is 0.0413. The van der Waals surface area contributed by atoms with Crippen LogP contribution < -0.4 is 9.47 Å². The number of methoxy groups -OCH3 is 2. The van der Waals surface area contributed by atoms with E-state index < -0.39 is 0 Å². The van der Waals surface area contributed by atoms with Gasteiger partial charge in [-0.2, -0.15) is 0 Å². The van der Waals surface area contributed by atoms with E-state index in [0.29, 0.717) is 0 Å². The van der Waals surface area contributed by atoms with Gasteiger partial charge in [0, 0.05) is 0 Å². The molecule has 0 fully saturated rings. The predicted molar refractivity (Wildman–Crippen MR) is 119 cm³/mol. The molecule has 4 nitrogen and oxygen atoms in total. The Morgan fingerprint density at radius 3 is 1.17 bits per heavy atom. The number of hydrogen-bond acceptors (Lipinski definition) is 4. The van der Waals surface area contributed by atoms with Gasteiger partial charge in [-0.25, -0.2) is 0 Å². The molecule has 0 amide bonds. The van der Waals surface area contributed by atoms with Crippen molar-refractivity contribution in [2.45, 2.75) is 50.4 Å². The quantitative estimate of drug-likeness (QED) is 0.529. The second kappa shape index (κ2) is 7.45. The molecule has 0 unspecified atom stereocenters. The third kappa shape index (κ3) is 3.60. The Hall–Kier alpha value is -1.84.